The molecule has 1 unspecified atom stereocenters. The first-order valence-electron chi connectivity index (χ1n) is 8.04. The van der Waals surface area contributed by atoms with Crippen LogP contribution in [0.3, 0.4) is 0 Å². The van der Waals surface area contributed by atoms with Gasteiger partial charge in [0.25, 0.3) is 0 Å². The summed E-state index contributed by atoms with van der Waals surface area (Å²) in [7, 11) is 0. The predicted octanol–water partition coefficient (Wildman–Crippen LogP) is 3.38. The van der Waals surface area contributed by atoms with Crippen molar-refractivity contribution in [3.8, 4) is 0 Å². The van der Waals surface area contributed by atoms with Crippen LogP contribution in [0.4, 0.5) is 0 Å². The van der Waals surface area contributed by atoms with Crippen molar-refractivity contribution in [2.75, 3.05) is 13.1 Å². The zero-order valence-corrected chi connectivity index (χ0v) is 14.5. The minimum absolute atomic E-state index is 0. The lowest BCUT2D eigenvalue weighted by Crippen LogP contribution is -2.46. The molecule has 0 aromatic heterocycles. The van der Waals surface area contributed by atoms with Crippen LogP contribution >= 0.6 is 24.2 Å². The Labute approximate surface area is 143 Å². The third-order valence-electron chi connectivity index (χ3n) is 4.55. The molecule has 3 rings (SSSR count). The minimum atomic E-state index is -0.250. The van der Waals surface area contributed by atoms with Crippen LogP contribution in [0, 0.1) is 0 Å². The molecule has 1 heterocycles. The average molecular weight is 341 g/mol. The van der Waals surface area contributed by atoms with Gasteiger partial charge >= 0.3 is 0 Å². The number of amides is 1. The standard InChI is InChI=1S/C17H24N2OS.ClH/c20-16(19-13-14-7-6-12-18-14)17(10-4-5-11-17)21-15-8-2-1-3-9-15;/h1-3,8-9,14,18H,4-7,10-13H2,(H,19,20);1H. The molecule has 1 saturated heterocycles. The van der Waals surface area contributed by atoms with Gasteiger partial charge in [-0.1, -0.05) is 31.0 Å². The minimum Gasteiger partial charge on any atom is -0.353 e. The Kier molecular flexibility index (Phi) is 6.60. The summed E-state index contributed by atoms with van der Waals surface area (Å²) in [4.78, 5) is 14.0. The van der Waals surface area contributed by atoms with Crippen molar-refractivity contribution in [1.29, 1.82) is 0 Å². The summed E-state index contributed by atoms with van der Waals surface area (Å²) in [5.74, 6) is 0.238. The predicted molar refractivity (Wildman–Crippen MR) is 94.8 cm³/mol. The van der Waals surface area contributed by atoms with Crippen molar-refractivity contribution < 1.29 is 4.79 Å². The molecule has 1 saturated carbocycles. The van der Waals surface area contributed by atoms with E-state index >= 15 is 0 Å². The fraction of sp³-hybridized carbons (Fsp3) is 0.588. The van der Waals surface area contributed by atoms with Gasteiger partial charge in [-0.05, 0) is 44.4 Å². The van der Waals surface area contributed by atoms with E-state index in [-0.39, 0.29) is 23.1 Å². The summed E-state index contributed by atoms with van der Waals surface area (Å²) in [6.07, 6.45) is 6.72. The molecule has 3 nitrogen and oxygen atoms in total. The summed E-state index contributed by atoms with van der Waals surface area (Å²) in [5, 5.41) is 6.65. The van der Waals surface area contributed by atoms with Gasteiger partial charge in [0.2, 0.25) is 5.91 Å². The van der Waals surface area contributed by atoms with E-state index < -0.39 is 0 Å². The van der Waals surface area contributed by atoms with E-state index in [4.69, 9.17) is 0 Å². The van der Waals surface area contributed by atoms with Crippen molar-refractivity contribution >= 4 is 30.1 Å². The van der Waals surface area contributed by atoms with Crippen LogP contribution in [-0.4, -0.2) is 29.8 Å². The van der Waals surface area contributed by atoms with Crippen LogP contribution in [-0.2, 0) is 4.79 Å². The topological polar surface area (TPSA) is 41.1 Å². The van der Waals surface area contributed by atoms with E-state index in [1.54, 1.807) is 11.8 Å². The quantitative estimate of drug-likeness (QED) is 0.863. The Balaban J connectivity index is 0.00000176. The second-order valence-corrected chi connectivity index (χ2v) is 7.58. The van der Waals surface area contributed by atoms with E-state index in [0.29, 0.717) is 6.04 Å². The van der Waals surface area contributed by atoms with E-state index in [1.165, 1.54) is 17.7 Å². The van der Waals surface area contributed by atoms with Crippen molar-refractivity contribution in [2.24, 2.45) is 0 Å². The van der Waals surface area contributed by atoms with E-state index in [9.17, 15) is 4.79 Å². The van der Waals surface area contributed by atoms with Gasteiger partial charge < -0.3 is 10.6 Å². The highest BCUT2D eigenvalue weighted by molar-refractivity contribution is 8.01. The molecule has 1 aliphatic heterocycles. The van der Waals surface area contributed by atoms with Crippen molar-refractivity contribution in [2.45, 2.75) is 54.2 Å². The summed E-state index contributed by atoms with van der Waals surface area (Å²) in [6.45, 7) is 1.86. The van der Waals surface area contributed by atoms with Crippen LogP contribution < -0.4 is 10.6 Å². The molecule has 122 valence electrons. The van der Waals surface area contributed by atoms with Crippen molar-refractivity contribution in [1.82, 2.24) is 10.6 Å². The molecular formula is C17H25ClN2OS. The fourth-order valence-corrected chi connectivity index (χ4v) is 4.75. The molecule has 1 aliphatic carbocycles. The van der Waals surface area contributed by atoms with Crippen LogP contribution in [0.2, 0.25) is 0 Å². The molecule has 1 aromatic rings. The molecule has 2 aliphatic rings. The first-order valence-corrected chi connectivity index (χ1v) is 8.86. The third-order valence-corrected chi connectivity index (χ3v) is 6.05. The number of nitrogens with one attached hydrogen (secondary N) is 2. The molecular weight excluding hydrogens is 316 g/mol. The number of carbonyl (C=O) groups excluding carboxylic acids is 1. The number of rotatable bonds is 5. The van der Waals surface area contributed by atoms with E-state index in [1.807, 2.05) is 18.2 Å². The number of carbonyl (C=O) groups is 1. The first kappa shape index (κ1) is 17.6. The lowest BCUT2D eigenvalue weighted by Gasteiger charge is -2.28. The monoisotopic (exact) mass is 340 g/mol. The largest absolute Gasteiger partial charge is 0.353 e. The lowest BCUT2D eigenvalue weighted by atomic mass is 10.1. The number of hydrogen-bond donors (Lipinski definition) is 2. The summed E-state index contributed by atoms with van der Waals surface area (Å²) in [5.41, 5.74) is 0. The SMILES string of the molecule is Cl.O=C(NCC1CCCN1)C1(Sc2ccccc2)CCCC1. The second kappa shape index (κ2) is 8.23. The number of hydrogen-bond acceptors (Lipinski definition) is 3. The molecule has 2 fully saturated rings. The van der Waals surface area contributed by atoms with Crippen LogP contribution in [0.15, 0.2) is 35.2 Å². The fourth-order valence-electron chi connectivity index (χ4n) is 3.34. The zero-order valence-electron chi connectivity index (χ0n) is 12.8. The molecule has 1 aromatic carbocycles. The van der Waals surface area contributed by atoms with Gasteiger partial charge in [-0.3, -0.25) is 4.79 Å². The van der Waals surface area contributed by atoms with Gasteiger partial charge in [-0.2, -0.15) is 0 Å². The average Bonchev–Trinajstić information content (AvgIpc) is 3.18. The highest BCUT2D eigenvalue weighted by Gasteiger charge is 2.42. The van der Waals surface area contributed by atoms with Gasteiger partial charge in [0.15, 0.2) is 0 Å². The van der Waals surface area contributed by atoms with Crippen molar-refractivity contribution in [3.63, 3.8) is 0 Å². The van der Waals surface area contributed by atoms with E-state index in [0.717, 1.165) is 38.8 Å². The van der Waals surface area contributed by atoms with E-state index in [2.05, 4.69) is 22.8 Å². The van der Waals surface area contributed by atoms with Crippen LogP contribution in [0.1, 0.15) is 38.5 Å². The Hall–Kier alpha value is -0.710. The number of thioether (sulfide) groups is 1. The molecule has 0 spiro atoms. The molecule has 0 radical (unpaired) electrons. The maximum absolute atomic E-state index is 12.8. The maximum Gasteiger partial charge on any atom is 0.236 e. The molecule has 5 heteroatoms. The smallest absolute Gasteiger partial charge is 0.236 e. The van der Waals surface area contributed by atoms with Crippen LogP contribution in [0.5, 0.6) is 0 Å². The molecule has 1 atom stereocenters. The Morgan fingerprint density at radius 1 is 1.23 bits per heavy atom. The Morgan fingerprint density at radius 3 is 2.59 bits per heavy atom. The second-order valence-electron chi connectivity index (χ2n) is 6.12. The van der Waals surface area contributed by atoms with Gasteiger partial charge in [0.1, 0.15) is 0 Å². The van der Waals surface area contributed by atoms with Gasteiger partial charge in [-0.25, -0.2) is 0 Å². The highest BCUT2D eigenvalue weighted by atomic mass is 35.5. The van der Waals surface area contributed by atoms with Gasteiger partial charge in [-0.15, -0.1) is 24.2 Å². The highest BCUT2D eigenvalue weighted by Crippen LogP contribution is 2.45. The molecule has 2 N–H and O–H groups in total. The maximum atomic E-state index is 12.8. The summed E-state index contributed by atoms with van der Waals surface area (Å²) < 4.78 is -0.250. The van der Waals surface area contributed by atoms with Gasteiger partial charge in [0.05, 0.1) is 4.75 Å². The first-order chi connectivity index (χ1) is 10.3. The molecule has 0 bridgehead atoms. The Morgan fingerprint density at radius 2 is 1.95 bits per heavy atom. The lowest BCUT2D eigenvalue weighted by molar-refractivity contribution is -0.123. The van der Waals surface area contributed by atoms with Crippen molar-refractivity contribution in [3.05, 3.63) is 30.3 Å². The summed E-state index contributed by atoms with van der Waals surface area (Å²) in [6, 6.07) is 10.8. The number of benzene rings is 1. The molecule has 22 heavy (non-hydrogen) atoms. The normalized spacial score (nSPS) is 23.0. The van der Waals surface area contributed by atoms with Crippen LogP contribution in [0.25, 0.3) is 0 Å². The summed E-state index contributed by atoms with van der Waals surface area (Å²) >= 11 is 1.76. The molecule has 1 amide bonds. The third kappa shape index (κ3) is 4.18. The Bertz CT molecular complexity index is 471. The number of halogens is 1. The zero-order chi connectivity index (χ0) is 14.5. The van der Waals surface area contributed by atoms with Gasteiger partial charge in [0, 0.05) is 17.5 Å².